The fourth-order valence-electron chi connectivity index (χ4n) is 1.93. The predicted molar refractivity (Wildman–Crippen MR) is 83.6 cm³/mol. The van der Waals surface area contributed by atoms with Gasteiger partial charge in [-0.05, 0) is 24.5 Å². The quantitative estimate of drug-likeness (QED) is 0.752. The molecule has 0 aliphatic carbocycles. The molecule has 1 aromatic carbocycles. The highest BCUT2D eigenvalue weighted by Crippen LogP contribution is 2.19. The Bertz CT molecular complexity index is 719. The van der Waals surface area contributed by atoms with Crippen molar-refractivity contribution in [3.05, 3.63) is 47.7 Å². The molecule has 0 bridgehead atoms. The van der Waals surface area contributed by atoms with Gasteiger partial charge in [0.25, 0.3) is 0 Å². The number of amides is 1. The molecule has 0 saturated carbocycles. The highest BCUT2D eigenvalue weighted by Gasteiger charge is 2.08. The summed E-state index contributed by atoms with van der Waals surface area (Å²) >= 11 is 3.21. The van der Waals surface area contributed by atoms with Crippen molar-refractivity contribution in [3.63, 3.8) is 0 Å². The Morgan fingerprint density at radius 3 is 3.20 bits per heavy atom. The number of imidazole rings is 1. The van der Waals surface area contributed by atoms with E-state index in [-0.39, 0.29) is 12.3 Å². The Hall–Kier alpha value is -1.79. The maximum absolute atomic E-state index is 12.0. The number of thioether (sulfide) groups is 1. The van der Waals surface area contributed by atoms with Crippen LogP contribution in [-0.4, -0.2) is 21.5 Å². The lowest BCUT2D eigenvalue weighted by Gasteiger charge is -2.05. The van der Waals surface area contributed by atoms with Gasteiger partial charge in [-0.15, -0.1) is 23.1 Å². The first-order valence-electron chi connectivity index (χ1n) is 6.09. The number of nitrogens with one attached hydrogen (secondary N) is 1. The van der Waals surface area contributed by atoms with Crippen LogP contribution in [0.1, 0.15) is 5.69 Å². The van der Waals surface area contributed by atoms with Gasteiger partial charge in [-0.25, -0.2) is 4.98 Å². The molecule has 3 aromatic rings. The Morgan fingerprint density at radius 1 is 1.50 bits per heavy atom. The minimum absolute atomic E-state index is 0.0472. The molecular formula is C14H13N3OS2. The topological polar surface area (TPSA) is 46.4 Å². The van der Waals surface area contributed by atoms with Crippen molar-refractivity contribution in [2.24, 2.45) is 0 Å². The molecular weight excluding hydrogens is 290 g/mol. The van der Waals surface area contributed by atoms with Crippen LogP contribution in [-0.2, 0) is 11.2 Å². The van der Waals surface area contributed by atoms with Gasteiger partial charge in [-0.2, -0.15) is 0 Å². The molecule has 1 N–H and O–H groups in total. The van der Waals surface area contributed by atoms with E-state index in [2.05, 4.69) is 10.3 Å². The van der Waals surface area contributed by atoms with Crippen LogP contribution in [0.4, 0.5) is 5.69 Å². The highest BCUT2D eigenvalue weighted by molar-refractivity contribution is 7.98. The monoisotopic (exact) mass is 303 g/mol. The molecule has 2 aromatic heterocycles. The molecule has 0 spiro atoms. The van der Waals surface area contributed by atoms with Crippen LogP contribution in [0, 0.1) is 0 Å². The van der Waals surface area contributed by atoms with E-state index in [9.17, 15) is 4.79 Å². The number of thiazole rings is 1. The standard InChI is InChI=1S/C14H13N3OS2/c1-19-12-4-2-3-10(7-12)15-13(18)8-11-9-17-5-6-20-14(17)16-11/h2-7,9H,8H2,1H3,(H,15,18). The number of nitrogens with zero attached hydrogens (tertiary/aromatic N) is 2. The van der Waals surface area contributed by atoms with Gasteiger partial charge in [0.1, 0.15) is 0 Å². The van der Waals surface area contributed by atoms with E-state index in [0.717, 1.165) is 21.2 Å². The number of aromatic nitrogens is 2. The zero-order valence-corrected chi connectivity index (χ0v) is 12.5. The summed E-state index contributed by atoms with van der Waals surface area (Å²) in [5, 5.41) is 4.88. The van der Waals surface area contributed by atoms with E-state index in [1.165, 1.54) is 0 Å². The summed E-state index contributed by atoms with van der Waals surface area (Å²) in [7, 11) is 0. The zero-order chi connectivity index (χ0) is 13.9. The highest BCUT2D eigenvalue weighted by atomic mass is 32.2. The zero-order valence-electron chi connectivity index (χ0n) is 10.9. The number of hydrogen-bond acceptors (Lipinski definition) is 4. The van der Waals surface area contributed by atoms with Crippen molar-refractivity contribution < 1.29 is 4.79 Å². The molecule has 20 heavy (non-hydrogen) atoms. The third-order valence-electron chi connectivity index (χ3n) is 2.84. The normalized spacial score (nSPS) is 10.8. The van der Waals surface area contributed by atoms with Gasteiger partial charge in [0, 0.05) is 28.4 Å². The fraction of sp³-hybridized carbons (Fsp3) is 0.143. The van der Waals surface area contributed by atoms with Crippen LogP contribution in [0.2, 0.25) is 0 Å². The van der Waals surface area contributed by atoms with Crippen LogP contribution in [0.5, 0.6) is 0 Å². The maximum atomic E-state index is 12.0. The fourth-order valence-corrected chi connectivity index (χ4v) is 3.11. The van der Waals surface area contributed by atoms with E-state index in [1.807, 2.05) is 52.7 Å². The second-order valence-corrected chi connectivity index (χ2v) is 6.03. The van der Waals surface area contributed by atoms with Gasteiger partial charge in [0.05, 0.1) is 12.1 Å². The summed E-state index contributed by atoms with van der Waals surface area (Å²) in [6, 6.07) is 7.82. The summed E-state index contributed by atoms with van der Waals surface area (Å²) < 4.78 is 1.93. The summed E-state index contributed by atoms with van der Waals surface area (Å²) in [5.41, 5.74) is 1.61. The Kier molecular flexibility index (Phi) is 3.75. The first kappa shape index (κ1) is 13.2. The summed E-state index contributed by atoms with van der Waals surface area (Å²) in [6.07, 6.45) is 6.14. The third kappa shape index (κ3) is 2.86. The van der Waals surface area contributed by atoms with Gasteiger partial charge in [0.15, 0.2) is 4.96 Å². The minimum Gasteiger partial charge on any atom is -0.326 e. The molecule has 0 aliphatic rings. The molecule has 1 amide bonds. The van der Waals surface area contributed by atoms with Crippen LogP contribution in [0.15, 0.2) is 46.9 Å². The summed E-state index contributed by atoms with van der Waals surface area (Å²) in [4.78, 5) is 18.5. The third-order valence-corrected chi connectivity index (χ3v) is 4.33. The largest absolute Gasteiger partial charge is 0.326 e. The summed E-state index contributed by atoms with van der Waals surface area (Å²) in [5.74, 6) is -0.0472. The Morgan fingerprint density at radius 2 is 2.40 bits per heavy atom. The van der Waals surface area contributed by atoms with Crippen LogP contribution < -0.4 is 5.32 Å². The number of anilines is 1. The van der Waals surface area contributed by atoms with Crippen molar-refractivity contribution in [2.75, 3.05) is 11.6 Å². The number of fused-ring (bicyclic) bond motifs is 1. The van der Waals surface area contributed by atoms with Gasteiger partial charge in [0.2, 0.25) is 5.91 Å². The van der Waals surface area contributed by atoms with E-state index in [0.29, 0.717) is 0 Å². The predicted octanol–water partition coefficient (Wildman–Crippen LogP) is 3.30. The van der Waals surface area contributed by atoms with E-state index in [4.69, 9.17) is 0 Å². The number of carbonyl (C=O) groups excluding carboxylic acids is 1. The molecule has 0 aliphatic heterocycles. The molecule has 6 heteroatoms. The van der Waals surface area contributed by atoms with E-state index < -0.39 is 0 Å². The van der Waals surface area contributed by atoms with E-state index in [1.54, 1.807) is 23.1 Å². The first-order chi connectivity index (χ1) is 9.74. The van der Waals surface area contributed by atoms with Crippen LogP contribution in [0.25, 0.3) is 4.96 Å². The van der Waals surface area contributed by atoms with Gasteiger partial charge in [-0.1, -0.05) is 6.07 Å². The number of carbonyl (C=O) groups is 1. The number of rotatable bonds is 4. The lowest BCUT2D eigenvalue weighted by Crippen LogP contribution is -2.14. The lowest BCUT2D eigenvalue weighted by molar-refractivity contribution is -0.115. The molecule has 4 nitrogen and oxygen atoms in total. The maximum Gasteiger partial charge on any atom is 0.230 e. The number of benzene rings is 1. The molecule has 0 radical (unpaired) electrons. The average molecular weight is 303 g/mol. The molecule has 102 valence electrons. The van der Waals surface area contributed by atoms with Crippen molar-refractivity contribution in [1.29, 1.82) is 0 Å². The summed E-state index contributed by atoms with van der Waals surface area (Å²) in [6.45, 7) is 0. The van der Waals surface area contributed by atoms with Crippen LogP contribution >= 0.6 is 23.1 Å². The smallest absolute Gasteiger partial charge is 0.230 e. The molecule has 0 saturated heterocycles. The molecule has 0 unspecified atom stereocenters. The molecule has 0 atom stereocenters. The molecule has 3 rings (SSSR count). The van der Waals surface area contributed by atoms with Crippen molar-refractivity contribution in [3.8, 4) is 0 Å². The minimum atomic E-state index is -0.0472. The second-order valence-electron chi connectivity index (χ2n) is 4.28. The van der Waals surface area contributed by atoms with E-state index >= 15 is 0 Å². The Labute approximate surface area is 124 Å². The Balaban J connectivity index is 1.68. The molecule has 2 heterocycles. The van der Waals surface area contributed by atoms with Gasteiger partial charge in [-0.3, -0.25) is 9.20 Å². The lowest BCUT2D eigenvalue weighted by atomic mass is 10.3. The van der Waals surface area contributed by atoms with Gasteiger partial charge >= 0.3 is 0 Å². The van der Waals surface area contributed by atoms with Crippen molar-refractivity contribution in [1.82, 2.24) is 9.38 Å². The second kappa shape index (κ2) is 5.68. The SMILES string of the molecule is CSc1cccc(NC(=O)Cc2cn3ccsc3n2)c1. The van der Waals surface area contributed by atoms with Crippen molar-refractivity contribution >= 4 is 39.7 Å². The first-order valence-corrected chi connectivity index (χ1v) is 8.20. The number of hydrogen-bond donors (Lipinski definition) is 1. The molecule has 0 fully saturated rings. The van der Waals surface area contributed by atoms with Crippen LogP contribution in [0.3, 0.4) is 0 Å². The average Bonchev–Trinajstić information content (AvgIpc) is 2.99. The van der Waals surface area contributed by atoms with Gasteiger partial charge < -0.3 is 5.32 Å². The van der Waals surface area contributed by atoms with Crippen molar-refractivity contribution in [2.45, 2.75) is 11.3 Å².